The van der Waals surface area contributed by atoms with Gasteiger partial charge >= 0.3 is 0 Å². The number of amides is 1. The summed E-state index contributed by atoms with van der Waals surface area (Å²) in [5.74, 6) is 0.110. The lowest BCUT2D eigenvalue weighted by molar-refractivity contribution is -0.138. The van der Waals surface area contributed by atoms with E-state index in [4.69, 9.17) is 5.41 Å². The summed E-state index contributed by atoms with van der Waals surface area (Å²) in [6.07, 6.45) is 1.63. The second-order valence-corrected chi connectivity index (χ2v) is 9.14. The predicted molar refractivity (Wildman–Crippen MR) is 131 cm³/mol. The van der Waals surface area contributed by atoms with Gasteiger partial charge in [0.15, 0.2) is 0 Å². The molecular formula is C28H30N4O. The molecule has 1 fully saturated rings. The van der Waals surface area contributed by atoms with Crippen LogP contribution in [0.1, 0.15) is 34.7 Å². The minimum absolute atomic E-state index is 0.110. The molecule has 0 bridgehead atoms. The first-order valence-corrected chi connectivity index (χ1v) is 11.7. The minimum Gasteiger partial charge on any atom is -0.341 e. The van der Waals surface area contributed by atoms with E-state index >= 15 is 0 Å². The third-order valence-electron chi connectivity index (χ3n) is 6.69. The Morgan fingerprint density at radius 1 is 0.848 bits per heavy atom. The number of carbonyl (C=O) groups is 1. The average molecular weight is 439 g/mol. The first kappa shape index (κ1) is 21.3. The number of fused-ring (bicyclic) bond motifs is 1. The van der Waals surface area contributed by atoms with Crippen LogP contribution in [-0.2, 0) is 17.8 Å². The number of carbonyl (C=O) groups excluding carboxylic acids is 1. The molecule has 33 heavy (non-hydrogen) atoms. The van der Waals surface area contributed by atoms with Gasteiger partial charge in [-0.2, -0.15) is 0 Å². The van der Waals surface area contributed by atoms with Gasteiger partial charge in [-0.05, 0) is 43.5 Å². The van der Waals surface area contributed by atoms with Gasteiger partial charge in [-0.1, -0.05) is 71.8 Å². The zero-order valence-corrected chi connectivity index (χ0v) is 19.3. The van der Waals surface area contributed by atoms with Gasteiger partial charge in [-0.15, -0.1) is 0 Å². The summed E-state index contributed by atoms with van der Waals surface area (Å²) >= 11 is 0. The van der Waals surface area contributed by atoms with Crippen LogP contribution in [0.5, 0.6) is 0 Å². The van der Waals surface area contributed by atoms with Crippen LogP contribution >= 0.6 is 0 Å². The molecule has 1 aliphatic rings. The lowest BCUT2D eigenvalue weighted by Gasteiger charge is -2.34. The van der Waals surface area contributed by atoms with E-state index in [2.05, 4.69) is 68.4 Å². The van der Waals surface area contributed by atoms with Crippen LogP contribution in [0.15, 0.2) is 72.8 Å². The predicted octanol–water partition coefficient (Wildman–Crippen LogP) is 4.60. The van der Waals surface area contributed by atoms with Gasteiger partial charge in [0.05, 0.1) is 17.6 Å². The summed E-state index contributed by atoms with van der Waals surface area (Å²) in [7, 11) is 0. The number of para-hydroxylation sites is 2. The number of hydrogen-bond donors (Lipinski definition) is 1. The molecule has 5 rings (SSSR count). The maximum Gasteiger partial charge on any atom is 0.246 e. The van der Waals surface area contributed by atoms with Gasteiger partial charge < -0.3 is 9.47 Å². The van der Waals surface area contributed by atoms with Crippen molar-refractivity contribution in [2.45, 2.75) is 39.3 Å². The summed E-state index contributed by atoms with van der Waals surface area (Å²) in [6, 6.07) is 24.5. The second kappa shape index (κ2) is 8.74. The highest BCUT2D eigenvalue weighted by Crippen LogP contribution is 2.25. The Hall–Kier alpha value is -3.60. The highest BCUT2D eigenvalue weighted by molar-refractivity contribution is 5.85. The Kier molecular flexibility index (Phi) is 5.63. The van der Waals surface area contributed by atoms with Crippen LogP contribution in [0.3, 0.4) is 0 Å². The van der Waals surface area contributed by atoms with E-state index in [1.54, 1.807) is 0 Å². The molecule has 0 saturated carbocycles. The summed E-state index contributed by atoms with van der Waals surface area (Å²) in [6.45, 7) is 6.36. The summed E-state index contributed by atoms with van der Waals surface area (Å²) < 4.78 is 3.97. The van der Waals surface area contributed by atoms with Gasteiger partial charge in [-0.3, -0.25) is 14.8 Å². The van der Waals surface area contributed by atoms with Crippen molar-refractivity contribution in [2.75, 3.05) is 13.1 Å². The molecule has 1 aliphatic heterocycles. The van der Waals surface area contributed by atoms with Gasteiger partial charge in [0.2, 0.25) is 11.5 Å². The fraction of sp³-hybridized carbons (Fsp3) is 0.286. The largest absolute Gasteiger partial charge is 0.341 e. The van der Waals surface area contributed by atoms with Gasteiger partial charge in [0.25, 0.3) is 0 Å². The minimum atomic E-state index is -0.440. The quantitative estimate of drug-likeness (QED) is 0.470. The zero-order valence-electron chi connectivity index (χ0n) is 19.3. The third-order valence-corrected chi connectivity index (χ3v) is 6.69. The molecule has 2 heterocycles. The second-order valence-electron chi connectivity index (χ2n) is 9.14. The Morgan fingerprint density at radius 2 is 1.42 bits per heavy atom. The van der Waals surface area contributed by atoms with Crippen molar-refractivity contribution in [1.82, 2.24) is 14.0 Å². The smallest absolute Gasteiger partial charge is 0.246 e. The number of benzene rings is 3. The Bertz CT molecular complexity index is 1340. The average Bonchev–Trinajstić information content (AvgIpc) is 3.05. The normalized spacial score (nSPS) is 14.3. The Morgan fingerprint density at radius 3 is 2.00 bits per heavy atom. The number of rotatable bonds is 6. The molecule has 0 aliphatic carbocycles. The lowest BCUT2D eigenvalue weighted by atomic mass is 10.0. The zero-order chi connectivity index (χ0) is 22.9. The molecule has 0 unspecified atom stereocenters. The highest BCUT2D eigenvalue weighted by Gasteiger charge is 2.31. The Balaban J connectivity index is 1.62. The molecule has 1 aromatic heterocycles. The molecule has 1 atom stereocenters. The number of nitrogens with one attached hydrogen (secondary N) is 1. The topological polar surface area (TPSA) is 54.0 Å². The number of nitrogens with zero attached hydrogens (tertiary/aromatic N) is 3. The maximum atomic E-state index is 13.6. The fourth-order valence-electron chi connectivity index (χ4n) is 4.59. The van der Waals surface area contributed by atoms with Crippen molar-refractivity contribution in [3.05, 3.63) is 101 Å². The van der Waals surface area contributed by atoms with Gasteiger partial charge in [0, 0.05) is 19.5 Å². The molecular weight excluding hydrogens is 408 g/mol. The number of imidazole rings is 1. The van der Waals surface area contributed by atoms with Crippen LogP contribution in [0, 0.1) is 19.3 Å². The van der Waals surface area contributed by atoms with E-state index in [1.165, 1.54) is 11.1 Å². The van der Waals surface area contributed by atoms with Gasteiger partial charge in [-0.25, -0.2) is 0 Å². The van der Waals surface area contributed by atoms with Crippen molar-refractivity contribution in [3.63, 3.8) is 0 Å². The first-order chi connectivity index (χ1) is 16.0. The molecule has 1 saturated heterocycles. The van der Waals surface area contributed by atoms with Gasteiger partial charge in [0.1, 0.15) is 6.04 Å². The summed E-state index contributed by atoms with van der Waals surface area (Å²) in [4.78, 5) is 15.5. The molecule has 1 N–H and O–H groups in total. The van der Waals surface area contributed by atoms with Crippen molar-refractivity contribution < 1.29 is 4.79 Å². The van der Waals surface area contributed by atoms with Crippen molar-refractivity contribution >= 4 is 16.9 Å². The van der Waals surface area contributed by atoms with Crippen molar-refractivity contribution in [1.29, 1.82) is 5.41 Å². The van der Waals surface area contributed by atoms with E-state index in [1.807, 2.05) is 32.2 Å². The standard InChI is InChI=1S/C28H30N4O/c1-20-8-12-22(13-9-20)18-26(27(33)30-16-5-17-30)32-25-7-4-3-6-24(25)31(28(32)29)19-23-14-10-21(2)11-15-23/h3-4,6-15,26,29H,5,16-19H2,1-2H3/t26-/m0/s1. The maximum absolute atomic E-state index is 13.6. The van der Waals surface area contributed by atoms with E-state index in [-0.39, 0.29) is 5.91 Å². The number of likely N-dealkylation sites (tertiary alicyclic amines) is 1. The lowest BCUT2D eigenvalue weighted by Crippen LogP contribution is -2.47. The van der Waals surface area contributed by atoms with Crippen molar-refractivity contribution in [2.24, 2.45) is 0 Å². The number of hydrogen-bond acceptors (Lipinski definition) is 2. The molecule has 5 heteroatoms. The van der Waals surface area contributed by atoms with Crippen LogP contribution in [-0.4, -0.2) is 33.0 Å². The van der Waals surface area contributed by atoms with Crippen LogP contribution in [0.2, 0.25) is 0 Å². The van der Waals surface area contributed by atoms with E-state index < -0.39 is 6.04 Å². The molecule has 0 radical (unpaired) electrons. The number of aromatic nitrogens is 2. The Labute approximate surface area is 194 Å². The SMILES string of the molecule is Cc1ccc(C[C@@H](C(=O)N2CCC2)n2c(=N)n(Cc3ccc(C)cc3)c3ccccc32)cc1. The van der Waals surface area contributed by atoms with E-state index in [0.29, 0.717) is 18.6 Å². The summed E-state index contributed by atoms with van der Waals surface area (Å²) in [5, 5.41) is 9.16. The molecule has 0 spiro atoms. The van der Waals surface area contributed by atoms with E-state index in [0.717, 1.165) is 41.7 Å². The fourth-order valence-corrected chi connectivity index (χ4v) is 4.59. The molecule has 1 amide bonds. The molecule has 5 nitrogen and oxygen atoms in total. The number of aryl methyl sites for hydroxylation is 2. The van der Waals surface area contributed by atoms with E-state index in [9.17, 15) is 4.79 Å². The summed E-state index contributed by atoms with van der Waals surface area (Å²) in [5.41, 5.74) is 6.95. The molecule has 4 aromatic rings. The van der Waals surface area contributed by atoms with Crippen LogP contribution in [0.25, 0.3) is 11.0 Å². The highest BCUT2D eigenvalue weighted by atomic mass is 16.2. The monoisotopic (exact) mass is 438 g/mol. The van der Waals surface area contributed by atoms with Crippen molar-refractivity contribution in [3.8, 4) is 0 Å². The third kappa shape index (κ3) is 4.11. The first-order valence-electron chi connectivity index (χ1n) is 11.7. The van der Waals surface area contributed by atoms with Crippen LogP contribution in [0.4, 0.5) is 0 Å². The molecule has 168 valence electrons. The molecule has 3 aromatic carbocycles. The van der Waals surface area contributed by atoms with Crippen LogP contribution < -0.4 is 5.62 Å².